The first-order chi connectivity index (χ1) is 7.18. The average molecular weight is 269 g/mol. The summed E-state index contributed by atoms with van der Waals surface area (Å²) in [6.45, 7) is 7.64. The van der Waals surface area contributed by atoms with Crippen molar-refractivity contribution in [3.05, 3.63) is 28.2 Å². The minimum Gasteiger partial charge on any atom is -0.365 e. The fraction of sp³-hybridized carbons (Fsp3) is 0.500. The van der Waals surface area contributed by atoms with Crippen LogP contribution in [0, 0.1) is 6.92 Å². The van der Waals surface area contributed by atoms with Gasteiger partial charge in [-0.15, -0.1) is 0 Å². The SMILES string of the molecule is Cc1ccc(Br)c(N2CCNCC2C)c1. The minimum atomic E-state index is 0.567. The number of hydrogen-bond acceptors (Lipinski definition) is 2. The van der Waals surface area contributed by atoms with Crippen molar-refractivity contribution in [3.63, 3.8) is 0 Å². The predicted molar refractivity (Wildman–Crippen MR) is 68.6 cm³/mol. The summed E-state index contributed by atoms with van der Waals surface area (Å²) in [7, 11) is 0. The Morgan fingerprint density at radius 3 is 3.00 bits per heavy atom. The van der Waals surface area contributed by atoms with Crippen LogP contribution in [0.25, 0.3) is 0 Å². The summed E-state index contributed by atoms with van der Waals surface area (Å²) in [6, 6.07) is 7.10. The molecule has 1 atom stereocenters. The van der Waals surface area contributed by atoms with Gasteiger partial charge in [-0.1, -0.05) is 6.07 Å². The summed E-state index contributed by atoms with van der Waals surface area (Å²) < 4.78 is 1.20. The molecule has 2 rings (SSSR count). The van der Waals surface area contributed by atoms with Crippen molar-refractivity contribution in [1.82, 2.24) is 5.32 Å². The third-order valence-electron chi connectivity index (χ3n) is 2.91. The Kier molecular flexibility index (Phi) is 3.32. The van der Waals surface area contributed by atoms with E-state index in [1.807, 2.05) is 0 Å². The van der Waals surface area contributed by atoms with Gasteiger partial charge >= 0.3 is 0 Å². The Hall–Kier alpha value is -0.540. The zero-order valence-electron chi connectivity index (χ0n) is 9.26. The molecule has 1 N–H and O–H groups in total. The van der Waals surface area contributed by atoms with Crippen molar-refractivity contribution >= 4 is 21.6 Å². The molecule has 3 heteroatoms. The molecule has 1 aliphatic heterocycles. The molecule has 1 fully saturated rings. The Morgan fingerprint density at radius 2 is 2.27 bits per heavy atom. The monoisotopic (exact) mass is 268 g/mol. The molecule has 1 saturated heterocycles. The molecule has 1 heterocycles. The molecule has 1 aromatic rings. The molecule has 0 aromatic heterocycles. The van der Waals surface area contributed by atoms with Gasteiger partial charge in [-0.25, -0.2) is 0 Å². The van der Waals surface area contributed by atoms with Gasteiger partial charge in [0.2, 0.25) is 0 Å². The van der Waals surface area contributed by atoms with Crippen molar-refractivity contribution < 1.29 is 0 Å². The number of anilines is 1. The Morgan fingerprint density at radius 1 is 1.47 bits per heavy atom. The minimum absolute atomic E-state index is 0.567. The number of rotatable bonds is 1. The van der Waals surface area contributed by atoms with Gasteiger partial charge in [0.1, 0.15) is 0 Å². The topological polar surface area (TPSA) is 15.3 Å². The number of piperazine rings is 1. The first-order valence-electron chi connectivity index (χ1n) is 5.42. The number of halogens is 1. The Labute approximate surface area is 99.8 Å². The zero-order valence-corrected chi connectivity index (χ0v) is 10.8. The second kappa shape index (κ2) is 4.54. The normalized spacial score (nSPS) is 21.8. The third-order valence-corrected chi connectivity index (χ3v) is 3.58. The van der Waals surface area contributed by atoms with Crippen molar-refractivity contribution in [2.75, 3.05) is 24.5 Å². The maximum Gasteiger partial charge on any atom is 0.0516 e. The predicted octanol–water partition coefficient (Wildman–Crippen LogP) is 2.56. The van der Waals surface area contributed by atoms with Gasteiger partial charge in [-0.05, 0) is 47.5 Å². The van der Waals surface area contributed by atoms with Gasteiger partial charge in [-0.2, -0.15) is 0 Å². The molecule has 0 aliphatic carbocycles. The number of nitrogens with zero attached hydrogens (tertiary/aromatic N) is 1. The molecule has 0 saturated carbocycles. The number of aryl methyl sites for hydroxylation is 1. The van der Waals surface area contributed by atoms with Crippen LogP contribution < -0.4 is 10.2 Å². The van der Waals surface area contributed by atoms with Crippen molar-refractivity contribution in [2.45, 2.75) is 19.9 Å². The molecular formula is C12H17BrN2. The molecule has 1 aromatic carbocycles. The Bertz CT molecular complexity index is 351. The molecule has 1 aliphatic rings. The molecular weight excluding hydrogens is 252 g/mol. The lowest BCUT2D eigenvalue weighted by Gasteiger charge is -2.36. The highest BCUT2D eigenvalue weighted by Crippen LogP contribution is 2.29. The van der Waals surface area contributed by atoms with Crippen molar-refractivity contribution in [1.29, 1.82) is 0 Å². The number of hydrogen-bond donors (Lipinski definition) is 1. The summed E-state index contributed by atoms with van der Waals surface area (Å²) in [5, 5.41) is 3.41. The highest BCUT2D eigenvalue weighted by Gasteiger charge is 2.19. The molecule has 0 radical (unpaired) electrons. The standard InChI is InChI=1S/C12H17BrN2/c1-9-3-4-11(13)12(7-9)15-6-5-14-8-10(15)2/h3-4,7,10,14H,5-6,8H2,1-2H3. The molecule has 0 spiro atoms. The van der Waals surface area contributed by atoms with Gasteiger partial charge in [0.25, 0.3) is 0 Å². The van der Waals surface area contributed by atoms with E-state index in [9.17, 15) is 0 Å². The van der Waals surface area contributed by atoms with E-state index in [-0.39, 0.29) is 0 Å². The van der Waals surface area contributed by atoms with Gasteiger partial charge in [0.05, 0.1) is 5.69 Å². The highest BCUT2D eigenvalue weighted by molar-refractivity contribution is 9.10. The quantitative estimate of drug-likeness (QED) is 0.843. The van der Waals surface area contributed by atoms with Gasteiger partial charge in [0, 0.05) is 30.1 Å². The van der Waals surface area contributed by atoms with Gasteiger partial charge in [-0.3, -0.25) is 0 Å². The zero-order chi connectivity index (χ0) is 10.8. The Balaban J connectivity index is 2.30. The van der Waals surface area contributed by atoms with E-state index in [1.165, 1.54) is 15.7 Å². The summed E-state index contributed by atoms with van der Waals surface area (Å²) in [6.07, 6.45) is 0. The van der Waals surface area contributed by atoms with Gasteiger partial charge < -0.3 is 10.2 Å². The molecule has 0 amide bonds. The van der Waals surface area contributed by atoms with Crippen molar-refractivity contribution in [3.8, 4) is 0 Å². The second-order valence-electron chi connectivity index (χ2n) is 4.20. The fourth-order valence-corrected chi connectivity index (χ4v) is 2.52. The van der Waals surface area contributed by atoms with Crippen LogP contribution in [-0.4, -0.2) is 25.7 Å². The van der Waals surface area contributed by atoms with E-state index >= 15 is 0 Å². The van der Waals surface area contributed by atoms with Crippen LogP contribution in [0.15, 0.2) is 22.7 Å². The van der Waals surface area contributed by atoms with E-state index in [0.717, 1.165) is 19.6 Å². The molecule has 2 nitrogen and oxygen atoms in total. The number of benzene rings is 1. The first kappa shape index (κ1) is 11.0. The molecule has 0 bridgehead atoms. The van der Waals surface area contributed by atoms with E-state index in [2.05, 4.69) is 58.2 Å². The van der Waals surface area contributed by atoms with Gasteiger partial charge in [0.15, 0.2) is 0 Å². The van der Waals surface area contributed by atoms with Crippen LogP contribution in [0.1, 0.15) is 12.5 Å². The van der Waals surface area contributed by atoms with E-state index in [1.54, 1.807) is 0 Å². The molecule has 82 valence electrons. The van der Waals surface area contributed by atoms with Crippen LogP contribution >= 0.6 is 15.9 Å². The first-order valence-corrected chi connectivity index (χ1v) is 6.21. The summed E-state index contributed by atoms with van der Waals surface area (Å²) >= 11 is 3.63. The molecule has 15 heavy (non-hydrogen) atoms. The number of nitrogens with one attached hydrogen (secondary N) is 1. The molecule has 1 unspecified atom stereocenters. The average Bonchev–Trinajstić information content (AvgIpc) is 2.23. The van der Waals surface area contributed by atoms with Crippen LogP contribution in [-0.2, 0) is 0 Å². The largest absolute Gasteiger partial charge is 0.365 e. The summed E-state index contributed by atoms with van der Waals surface area (Å²) in [5.74, 6) is 0. The lowest BCUT2D eigenvalue weighted by Crippen LogP contribution is -2.50. The third kappa shape index (κ3) is 2.34. The summed E-state index contributed by atoms with van der Waals surface area (Å²) in [5.41, 5.74) is 2.64. The van der Waals surface area contributed by atoms with Crippen LogP contribution in [0.5, 0.6) is 0 Å². The van der Waals surface area contributed by atoms with E-state index in [0.29, 0.717) is 6.04 Å². The van der Waals surface area contributed by atoms with E-state index in [4.69, 9.17) is 0 Å². The second-order valence-corrected chi connectivity index (χ2v) is 5.06. The lowest BCUT2D eigenvalue weighted by molar-refractivity contribution is 0.500. The lowest BCUT2D eigenvalue weighted by atomic mass is 10.1. The van der Waals surface area contributed by atoms with Crippen LogP contribution in [0.3, 0.4) is 0 Å². The van der Waals surface area contributed by atoms with Crippen LogP contribution in [0.2, 0.25) is 0 Å². The maximum atomic E-state index is 3.63. The van der Waals surface area contributed by atoms with E-state index < -0.39 is 0 Å². The smallest absolute Gasteiger partial charge is 0.0516 e. The maximum absolute atomic E-state index is 3.63. The van der Waals surface area contributed by atoms with Crippen molar-refractivity contribution in [2.24, 2.45) is 0 Å². The van der Waals surface area contributed by atoms with Crippen LogP contribution in [0.4, 0.5) is 5.69 Å². The fourth-order valence-electron chi connectivity index (χ4n) is 2.04. The summed E-state index contributed by atoms with van der Waals surface area (Å²) in [4.78, 5) is 2.47. The highest BCUT2D eigenvalue weighted by atomic mass is 79.9.